The standard InChI is InChI=1S/C19H16F3N3O3S2/c1-12-24-16(11-29-12)10-23-18(26)13-5-7-17(8-6-13)30(27,28)25-15-4-2-3-14(9-15)19(20,21)22/h2-9,11,25H,10H2,1H3,(H,23,26). The number of aromatic nitrogens is 1. The van der Waals surface area contributed by atoms with E-state index in [0.29, 0.717) is 6.07 Å². The zero-order valence-corrected chi connectivity index (χ0v) is 17.2. The number of benzene rings is 2. The molecular formula is C19H16F3N3O3S2. The fourth-order valence-electron chi connectivity index (χ4n) is 2.52. The molecule has 30 heavy (non-hydrogen) atoms. The van der Waals surface area contributed by atoms with E-state index in [0.717, 1.165) is 22.8 Å². The number of anilines is 1. The number of sulfonamides is 1. The van der Waals surface area contributed by atoms with E-state index in [4.69, 9.17) is 0 Å². The van der Waals surface area contributed by atoms with Gasteiger partial charge in [0.25, 0.3) is 15.9 Å². The van der Waals surface area contributed by atoms with E-state index >= 15 is 0 Å². The lowest BCUT2D eigenvalue weighted by Gasteiger charge is -2.11. The normalized spacial score (nSPS) is 11.9. The van der Waals surface area contributed by atoms with Crippen molar-refractivity contribution in [2.75, 3.05) is 4.72 Å². The van der Waals surface area contributed by atoms with Crippen LogP contribution >= 0.6 is 11.3 Å². The smallest absolute Gasteiger partial charge is 0.346 e. The first-order chi connectivity index (χ1) is 14.0. The van der Waals surface area contributed by atoms with Crippen molar-refractivity contribution in [3.05, 3.63) is 75.7 Å². The molecule has 6 nitrogen and oxygen atoms in total. The lowest BCUT2D eigenvalue weighted by Crippen LogP contribution is -2.23. The van der Waals surface area contributed by atoms with Crippen molar-refractivity contribution in [2.24, 2.45) is 0 Å². The van der Waals surface area contributed by atoms with Crippen molar-refractivity contribution in [3.63, 3.8) is 0 Å². The van der Waals surface area contributed by atoms with Crippen LogP contribution in [0.15, 0.2) is 58.8 Å². The van der Waals surface area contributed by atoms with Crippen LogP contribution in [0.5, 0.6) is 0 Å². The first-order valence-electron chi connectivity index (χ1n) is 8.54. The summed E-state index contributed by atoms with van der Waals surface area (Å²) in [7, 11) is -4.13. The van der Waals surface area contributed by atoms with E-state index in [2.05, 4.69) is 15.0 Å². The first kappa shape index (κ1) is 21.8. The van der Waals surface area contributed by atoms with Crippen molar-refractivity contribution in [1.82, 2.24) is 10.3 Å². The Hall–Kier alpha value is -2.92. The monoisotopic (exact) mass is 455 g/mol. The zero-order chi connectivity index (χ0) is 21.9. The summed E-state index contributed by atoms with van der Waals surface area (Å²) in [6, 6.07) is 8.94. The van der Waals surface area contributed by atoms with Gasteiger partial charge in [0.05, 0.1) is 27.7 Å². The number of thiazole rings is 1. The molecule has 0 fully saturated rings. The van der Waals surface area contributed by atoms with E-state index in [1.165, 1.54) is 41.7 Å². The Balaban J connectivity index is 1.69. The molecule has 0 unspecified atom stereocenters. The first-order valence-corrected chi connectivity index (χ1v) is 10.9. The van der Waals surface area contributed by atoms with Crippen LogP contribution in [0.4, 0.5) is 18.9 Å². The van der Waals surface area contributed by atoms with Gasteiger partial charge in [-0.1, -0.05) is 6.07 Å². The maximum absolute atomic E-state index is 12.8. The molecule has 0 spiro atoms. The molecule has 0 radical (unpaired) electrons. The van der Waals surface area contributed by atoms with Gasteiger partial charge in [-0.25, -0.2) is 13.4 Å². The molecule has 3 rings (SSSR count). The maximum atomic E-state index is 12.8. The van der Waals surface area contributed by atoms with Crippen LogP contribution in [0.25, 0.3) is 0 Å². The highest BCUT2D eigenvalue weighted by atomic mass is 32.2. The number of carbonyl (C=O) groups excluding carboxylic acids is 1. The van der Waals surface area contributed by atoms with Crippen molar-refractivity contribution >= 4 is 33.0 Å². The van der Waals surface area contributed by atoms with Gasteiger partial charge in [-0.2, -0.15) is 13.2 Å². The van der Waals surface area contributed by atoms with Gasteiger partial charge in [0.15, 0.2) is 0 Å². The summed E-state index contributed by atoms with van der Waals surface area (Å²) in [6.07, 6.45) is -4.59. The largest absolute Gasteiger partial charge is 0.416 e. The Labute approximate surface area is 174 Å². The topological polar surface area (TPSA) is 88.2 Å². The molecule has 11 heteroatoms. The van der Waals surface area contributed by atoms with Crippen LogP contribution in [0, 0.1) is 6.92 Å². The predicted octanol–water partition coefficient (Wildman–Crippen LogP) is 4.20. The molecule has 1 heterocycles. The molecule has 0 aliphatic carbocycles. The summed E-state index contributed by atoms with van der Waals surface area (Å²) >= 11 is 1.46. The highest BCUT2D eigenvalue weighted by Gasteiger charge is 2.30. The maximum Gasteiger partial charge on any atom is 0.416 e. The molecule has 0 bridgehead atoms. The third-order valence-electron chi connectivity index (χ3n) is 3.97. The summed E-state index contributed by atoms with van der Waals surface area (Å²) in [5.74, 6) is -0.407. The number of amides is 1. The number of halogens is 3. The predicted molar refractivity (Wildman–Crippen MR) is 107 cm³/mol. The number of aryl methyl sites for hydroxylation is 1. The summed E-state index contributed by atoms with van der Waals surface area (Å²) < 4.78 is 65.4. The average molecular weight is 455 g/mol. The van der Waals surface area contributed by atoms with Crippen LogP contribution in [-0.4, -0.2) is 19.3 Å². The van der Waals surface area contributed by atoms with Crippen LogP contribution < -0.4 is 10.0 Å². The van der Waals surface area contributed by atoms with Crippen molar-refractivity contribution in [3.8, 4) is 0 Å². The zero-order valence-electron chi connectivity index (χ0n) is 15.5. The van der Waals surface area contributed by atoms with E-state index in [9.17, 15) is 26.4 Å². The molecule has 0 aliphatic heterocycles. The summed E-state index contributed by atoms with van der Waals surface area (Å²) in [5.41, 5.74) is -0.231. The van der Waals surface area contributed by atoms with Gasteiger partial charge in [-0.3, -0.25) is 9.52 Å². The Morgan fingerprint density at radius 1 is 1.13 bits per heavy atom. The molecule has 2 aromatic carbocycles. The number of nitrogens with one attached hydrogen (secondary N) is 2. The van der Waals surface area contributed by atoms with Crippen LogP contribution in [0.3, 0.4) is 0 Å². The lowest BCUT2D eigenvalue weighted by atomic mass is 10.2. The van der Waals surface area contributed by atoms with E-state index in [-0.39, 0.29) is 22.7 Å². The molecule has 3 aromatic rings. The fourth-order valence-corrected chi connectivity index (χ4v) is 4.18. The van der Waals surface area contributed by atoms with Crippen LogP contribution in [0.1, 0.15) is 26.6 Å². The summed E-state index contributed by atoms with van der Waals surface area (Å²) in [4.78, 5) is 16.2. The number of hydrogen-bond acceptors (Lipinski definition) is 5. The quantitative estimate of drug-likeness (QED) is 0.583. The second kappa shape index (κ2) is 8.44. The second-order valence-corrected chi connectivity index (χ2v) is 8.99. The van der Waals surface area contributed by atoms with Gasteiger partial charge in [-0.05, 0) is 49.4 Å². The Morgan fingerprint density at radius 2 is 1.83 bits per heavy atom. The number of rotatable bonds is 6. The van der Waals surface area contributed by atoms with Crippen LogP contribution in [0.2, 0.25) is 0 Å². The molecule has 158 valence electrons. The highest BCUT2D eigenvalue weighted by molar-refractivity contribution is 7.92. The van der Waals surface area contributed by atoms with Crippen LogP contribution in [-0.2, 0) is 22.7 Å². The van der Waals surface area contributed by atoms with Crippen molar-refractivity contribution in [2.45, 2.75) is 24.5 Å². The molecule has 0 aliphatic rings. The number of carbonyl (C=O) groups is 1. The molecular weight excluding hydrogens is 439 g/mol. The minimum Gasteiger partial charge on any atom is -0.346 e. The Morgan fingerprint density at radius 3 is 2.43 bits per heavy atom. The summed E-state index contributed by atoms with van der Waals surface area (Å²) in [6.45, 7) is 2.09. The number of hydrogen-bond donors (Lipinski definition) is 2. The molecule has 1 amide bonds. The Kier molecular flexibility index (Phi) is 6.13. The molecule has 0 saturated heterocycles. The minimum atomic E-state index is -4.59. The molecule has 0 atom stereocenters. The van der Waals surface area contributed by atoms with E-state index < -0.39 is 27.7 Å². The Bertz CT molecular complexity index is 1160. The van der Waals surface area contributed by atoms with Gasteiger partial charge in [-0.15, -0.1) is 11.3 Å². The van der Waals surface area contributed by atoms with Gasteiger partial charge in [0, 0.05) is 16.6 Å². The van der Waals surface area contributed by atoms with Gasteiger partial charge >= 0.3 is 6.18 Å². The SMILES string of the molecule is Cc1nc(CNC(=O)c2ccc(S(=O)(=O)Nc3cccc(C(F)(F)F)c3)cc2)cs1. The van der Waals surface area contributed by atoms with Gasteiger partial charge in [0.2, 0.25) is 0 Å². The number of nitrogens with zero attached hydrogens (tertiary/aromatic N) is 1. The fraction of sp³-hybridized carbons (Fsp3) is 0.158. The third-order valence-corrected chi connectivity index (χ3v) is 6.19. The third kappa shape index (κ3) is 5.36. The highest BCUT2D eigenvalue weighted by Crippen LogP contribution is 2.31. The molecule has 1 aromatic heterocycles. The average Bonchev–Trinajstić information content (AvgIpc) is 3.10. The molecule has 0 saturated carbocycles. The van der Waals surface area contributed by atoms with E-state index in [1.54, 1.807) is 0 Å². The van der Waals surface area contributed by atoms with Crippen molar-refractivity contribution in [1.29, 1.82) is 0 Å². The lowest BCUT2D eigenvalue weighted by molar-refractivity contribution is -0.137. The van der Waals surface area contributed by atoms with Gasteiger partial charge < -0.3 is 5.32 Å². The van der Waals surface area contributed by atoms with Gasteiger partial charge in [0.1, 0.15) is 0 Å². The minimum absolute atomic E-state index is 0.188. The second-order valence-electron chi connectivity index (χ2n) is 6.25. The summed E-state index contributed by atoms with van der Waals surface area (Å²) in [5, 5.41) is 5.38. The van der Waals surface area contributed by atoms with E-state index in [1.807, 2.05) is 12.3 Å². The number of alkyl halides is 3. The van der Waals surface area contributed by atoms with Crippen molar-refractivity contribution < 1.29 is 26.4 Å². The molecule has 2 N–H and O–H groups in total.